The molecule has 1 amide bonds. The number of benzene rings is 3. The van der Waals surface area contributed by atoms with Gasteiger partial charge in [0.2, 0.25) is 0 Å². The van der Waals surface area contributed by atoms with Gasteiger partial charge in [-0.2, -0.15) is 5.10 Å². The number of ether oxygens (including phenoxy) is 2. The first-order valence-electron chi connectivity index (χ1n) is 7.93. The van der Waals surface area contributed by atoms with E-state index in [1.165, 1.54) is 0 Å². The highest BCUT2D eigenvalue weighted by molar-refractivity contribution is 6.30. The molecular formula is C20H17ClN2O3. The second-order valence-electron chi connectivity index (χ2n) is 5.44. The molecule has 3 aromatic carbocycles. The third kappa shape index (κ3) is 4.32. The van der Waals surface area contributed by atoms with E-state index in [4.69, 9.17) is 21.1 Å². The van der Waals surface area contributed by atoms with Crippen LogP contribution < -0.4 is 14.9 Å². The maximum absolute atomic E-state index is 11.9. The number of hydrogen-bond acceptors (Lipinski definition) is 4. The van der Waals surface area contributed by atoms with Crippen LogP contribution in [0.4, 0.5) is 0 Å². The summed E-state index contributed by atoms with van der Waals surface area (Å²) in [6.45, 7) is -0.162. The Bertz CT molecular complexity index is 957. The monoisotopic (exact) mass is 368 g/mol. The summed E-state index contributed by atoms with van der Waals surface area (Å²) in [5.74, 6) is 0.824. The lowest BCUT2D eigenvalue weighted by atomic mass is 10.0. The molecule has 6 heteroatoms. The number of carbonyl (C=O) groups excluding carboxylic acids is 1. The van der Waals surface area contributed by atoms with E-state index in [1.54, 1.807) is 37.6 Å². The topological polar surface area (TPSA) is 59.9 Å². The Morgan fingerprint density at radius 3 is 2.81 bits per heavy atom. The number of hydrogen-bond donors (Lipinski definition) is 1. The molecule has 0 fully saturated rings. The maximum Gasteiger partial charge on any atom is 0.277 e. The highest BCUT2D eigenvalue weighted by atomic mass is 35.5. The SMILES string of the molecule is COc1ccc2ccccc2c1/C=N/NC(=O)COc1cccc(Cl)c1. The van der Waals surface area contributed by atoms with Crippen molar-refractivity contribution < 1.29 is 14.3 Å². The molecule has 132 valence electrons. The summed E-state index contributed by atoms with van der Waals surface area (Å²) in [5.41, 5.74) is 3.24. The molecule has 0 saturated carbocycles. The first-order valence-corrected chi connectivity index (χ1v) is 8.31. The Morgan fingerprint density at radius 1 is 1.15 bits per heavy atom. The minimum atomic E-state index is -0.375. The molecular weight excluding hydrogens is 352 g/mol. The normalized spacial score (nSPS) is 10.8. The van der Waals surface area contributed by atoms with Gasteiger partial charge in [-0.25, -0.2) is 5.43 Å². The van der Waals surface area contributed by atoms with Crippen molar-refractivity contribution in [2.24, 2.45) is 5.10 Å². The Kier molecular flexibility index (Phi) is 5.71. The molecule has 0 aliphatic carbocycles. The molecule has 0 unspecified atom stereocenters. The van der Waals surface area contributed by atoms with E-state index in [-0.39, 0.29) is 12.5 Å². The van der Waals surface area contributed by atoms with E-state index in [9.17, 15) is 4.79 Å². The minimum absolute atomic E-state index is 0.162. The van der Waals surface area contributed by atoms with Crippen LogP contribution in [0.25, 0.3) is 10.8 Å². The summed E-state index contributed by atoms with van der Waals surface area (Å²) in [6.07, 6.45) is 1.57. The van der Waals surface area contributed by atoms with Gasteiger partial charge in [0.05, 0.1) is 13.3 Å². The second kappa shape index (κ2) is 8.36. The number of fused-ring (bicyclic) bond motifs is 1. The molecule has 0 aromatic heterocycles. The number of nitrogens with one attached hydrogen (secondary N) is 1. The van der Waals surface area contributed by atoms with Gasteiger partial charge >= 0.3 is 0 Å². The van der Waals surface area contributed by atoms with Gasteiger partial charge in [0.25, 0.3) is 5.91 Å². The molecule has 0 atom stereocenters. The van der Waals surface area contributed by atoms with Crippen molar-refractivity contribution in [3.8, 4) is 11.5 Å². The van der Waals surface area contributed by atoms with Gasteiger partial charge < -0.3 is 9.47 Å². The summed E-state index contributed by atoms with van der Waals surface area (Å²) >= 11 is 5.87. The van der Waals surface area contributed by atoms with Crippen LogP contribution in [0.15, 0.2) is 65.8 Å². The summed E-state index contributed by atoms with van der Waals surface area (Å²) in [7, 11) is 1.60. The molecule has 3 rings (SSSR count). The summed E-state index contributed by atoms with van der Waals surface area (Å²) in [4.78, 5) is 11.9. The third-order valence-corrected chi connectivity index (χ3v) is 3.93. The van der Waals surface area contributed by atoms with Crippen LogP contribution in [0.5, 0.6) is 11.5 Å². The molecule has 5 nitrogen and oxygen atoms in total. The van der Waals surface area contributed by atoms with E-state index in [0.717, 1.165) is 16.3 Å². The average molecular weight is 369 g/mol. The van der Waals surface area contributed by atoms with Gasteiger partial charge in [-0.15, -0.1) is 0 Å². The highest BCUT2D eigenvalue weighted by Gasteiger charge is 2.06. The number of halogens is 1. The number of rotatable bonds is 6. The van der Waals surface area contributed by atoms with Crippen LogP contribution >= 0.6 is 11.6 Å². The second-order valence-corrected chi connectivity index (χ2v) is 5.88. The zero-order chi connectivity index (χ0) is 18.4. The van der Waals surface area contributed by atoms with Crippen molar-refractivity contribution in [3.63, 3.8) is 0 Å². The van der Waals surface area contributed by atoms with Gasteiger partial charge in [-0.05, 0) is 35.0 Å². The molecule has 0 bridgehead atoms. The molecule has 0 heterocycles. The molecule has 1 N–H and O–H groups in total. The van der Waals surface area contributed by atoms with Crippen molar-refractivity contribution in [1.82, 2.24) is 5.43 Å². The van der Waals surface area contributed by atoms with Crippen LogP contribution in [-0.4, -0.2) is 25.8 Å². The molecule has 0 spiro atoms. The van der Waals surface area contributed by atoms with Crippen molar-refractivity contribution in [3.05, 3.63) is 71.2 Å². The Labute approximate surface area is 156 Å². The first kappa shape index (κ1) is 17.8. The Balaban J connectivity index is 1.66. The van der Waals surface area contributed by atoms with E-state index >= 15 is 0 Å². The summed E-state index contributed by atoms with van der Waals surface area (Å²) in [5, 5.41) is 6.61. The molecule has 0 aliphatic heterocycles. The molecule has 26 heavy (non-hydrogen) atoms. The summed E-state index contributed by atoms with van der Waals surface area (Å²) in [6, 6.07) is 18.6. The number of carbonyl (C=O) groups is 1. The number of hydrazone groups is 1. The quantitative estimate of drug-likeness (QED) is 0.528. The van der Waals surface area contributed by atoms with Crippen LogP contribution in [0, 0.1) is 0 Å². The number of methoxy groups -OCH3 is 1. The van der Waals surface area contributed by atoms with Crippen molar-refractivity contribution >= 4 is 34.5 Å². The lowest BCUT2D eigenvalue weighted by Gasteiger charge is -2.08. The van der Waals surface area contributed by atoms with Crippen LogP contribution in [0.3, 0.4) is 0 Å². The Hall–Kier alpha value is -3.05. The molecule has 3 aromatic rings. The lowest BCUT2D eigenvalue weighted by molar-refractivity contribution is -0.123. The smallest absolute Gasteiger partial charge is 0.277 e. The first-order chi connectivity index (χ1) is 12.7. The van der Waals surface area contributed by atoms with E-state index in [2.05, 4.69) is 10.5 Å². The standard InChI is InChI=1S/C20H17ClN2O3/c1-25-19-10-9-14-5-2-3-8-17(14)18(19)12-22-23-20(24)13-26-16-7-4-6-15(21)11-16/h2-12H,13H2,1H3,(H,23,24)/b22-12+. The molecule has 0 radical (unpaired) electrons. The van der Waals surface area contributed by atoms with Crippen LogP contribution in [-0.2, 0) is 4.79 Å². The third-order valence-electron chi connectivity index (χ3n) is 3.70. The largest absolute Gasteiger partial charge is 0.496 e. The maximum atomic E-state index is 11.9. The van der Waals surface area contributed by atoms with E-state index in [0.29, 0.717) is 16.5 Å². The number of nitrogens with zero attached hydrogens (tertiary/aromatic N) is 1. The van der Waals surface area contributed by atoms with Crippen molar-refractivity contribution in [1.29, 1.82) is 0 Å². The predicted molar refractivity (Wildman–Crippen MR) is 103 cm³/mol. The molecule has 0 saturated heterocycles. The van der Waals surface area contributed by atoms with Gasteiger partial charge in [0.15, 0.2) is 6.61 Å². The van der Waals surface area contributed by atoms with Crippen LogP contribution in [0.1, 0.15) is 5.56 Å². The fraction of sp³-hybridized carbons (Fsp3) is 0.100. The number of amides is 1. The van der Waals surface area contributed by atoms with Gasteiger partial charge in [-0.3, -0.25) is 4.79 Å². The average Bonchev–Trinajstić information content (AvgIpc) is 2.66. The minimum Gasteiger partial charge on any atom is -0.496 e. The zero-order valence-electron chi connectivity index (χ0n) is 14.1. The fourth-order valence-electron chi connectivity index (χ4n) is 2.49. The van der Waals surface area contributed by atoms with Gasteiger partial charge in [0, 0.05) is 10.6 Å². The predicted octanol–water partition coefficient (Wildman–Crippen LogP) is 4.03. The van der Waals surface area contributed by atoms with Crippen molar-refractivity contribution in [2.75, 3.05) is 13.7 Å². The van der Waals surface area contributed by atoms with Gasteiger partial charge in [0.1, 0.15) is 11.5 Å². The highest BCUT2D eigenvalue weighted by Crippen LogP contribution is 2.26. The van der Waals surface area contributed by atoms with E-state index in [1.807, 2.05) is 36.4 Å². The van der Waals surface area contributed by atoms with Crippen LogP contribution in [0.2, 0.25) is 5.02 Å². The summed E-state index contributed by atoms with van der Waals surface area (Å²) < 4.78 is 10.8. The van der Waals surface area contributed by atoms with Gasteiger partial charge in [-0.1, -0.05) is 48.0 Å². The van der Waals surface area contributed by atoms with Crippen molar-refractivity contribution in [2.45, 2.75) is 0 Å². The zero-order valence-corrected chi connectivity index (χ0v) is 14.9. The lowest BCUT2D eigenvalue weighted by Crippen LogP contribution is -2.24. The Morgan fingerprint density at radius 2 is 2.00 bits per heavy atom. The molecule has 0 aliphatic rings. The van der Waals surface area contributed by atoms with E-state index < -0.39 is 0 Å². The fourth-order valence-corrected chi connectivity index (χ4v) is 2.67.